The van der Waals surface area contributed by atoms with Crippen molar-refractivity contribution < 1.29 is 13.7 Å². The quantitative estimate of drug-likeness (QED) is 0.764. The van der Waals surface area contributed by atoms with E-state index >= 15 is 0 Å². The minimum atomic E-state index is -0.932. The van der Waals surface area contributed by atoms with Crippen LogP contribution in [0.1, 0.15) is 56.9 Å². The van der Waals surface area contributed by atoms with E-state index in [1.807, 2.05) is 0 Å². The van der Waals surface area contributed by atoms with Crippen molar-refractivity contribution in [3.8, 4) is 0 Å². The second-order valence-electron chi connectivity index (χ2n) is 9.32. The zero-order chi connectivity index (χ0) is 19.9. The molecule has 28 heavy (non-hydrogen) atoms. The van der Waals surface area contributed by atoms with Crippen LogP contribution < -0.4 is 0 Å². The third-order valence-electron chi connectivity index (χ3n) is 7.47. The molecule has 0 aromatic heterocycles. The average Bonchev–Trinajstić information content (AvgIpc) is 2.68. The van der Waals surface area contributed by atoms with Crippen molar-refractivity contribution in [3.63, 3.8) is 0 Å². The molecule has 3 fully saturated rings. The van der Waals surface area contributed by atoms with Crippen LogP contribution in [-0.4, -0.2) is 57.5 Å². The van der Waals surface area contributed by atoms with Gasteiger partial charge in [0.15, 0.2) is 0 Å². The second kappa shape index (κ2) is 7.45. The maximum atomic E-state index is 13.0. The molecule has 1 atom stereocenters. The molecule has 0 N–H and O–H groups in total. The van der Waals surface area contributed by atoms with Crippen LogP contribution in [0.2, 0.25) is 0 Å². The Bertz CT molecular complexity index is 731. The number of hydrogen-bond donors (Lipinski definition) is 0. The number of ether oxygens (including phenoxy) is 1. The summed E-state index contributed by atoms with van der Waals surface area (Å²) in [4.78, 5) is 13.4. The highest BCUT2D eigenvalue weighted by Crippen LogP contribution is 2.50. The number of carbonyl (C=O) groups is 1. The third kappa shape index (κ3) is 3.50. The predicted molar refractivity (Wildman–Crippen MR) is 111 cm³/mol. The van der Waals surface area contributed by atoms with E-state index in [0.29, 0.717) is 11.3 Å². The highest BCUT2D eigenvalue weighted by molar-refractivity contribution is 7.83. The van der Waals surface area contributed by atoms with Gasteiger partial charge in [0.1, 0.15) is 0 Å². The van der Waals surface area contributed by atoms with E-state index < -0.39 is 11.0 Å². The molecule has 1 heterocycles. The highest BCUT2D eigenvalue weighted by atomic mass is 32.2. The Morgan fingerprint density at radius 3 is 2.36 bits per heavy atom. The normalized spacial score (nSPS) is 30.9. The van der Waals surface area contributed by atoms with Crippen LogP contribution in [0.15, 0.2) is 30.3 Å². The standard InChI is InChI=1S/C22H32N2O3S/c1-21(23(2)20(25)27-3)13-19(14-21)28(26)24-15-22(16-24)11-9-18(10-12-22)17-7-5-4-6-8-17/h4-8,18-19H,9-16H2,1-3H3. The molecule has 1 unspecified atom stereocenters. The van der Waals surface area contributed by atoms with Crippen molar-refractivity contribution in [1.29, 1.82) is 0 Å². The van der Waals surface area contributed by atoms with Gasteiger partial charge in [-0.05, 0) is 62.3 Å². The van der Waals surface area contributed by atoms with E-state index in [9.17, 15) is 9.00 Å². The van der Waals surface area contributed by atoms with Gasteiger partial charge in [-0.25, -0.2) is 13.3 Å². The van der Waals surface area contributed by atoms with Crippen LogP contribution >= 0.6 is 0 Å². The molecule has 5 nitrogen and oxygen atoms in total. The lowest BCUT2D eigenvalue weighted by molar-refractivity contribution is 0.0215. The first-order chi connectivity index (χ1) is 13.4. The van der Waals surface area contributed by atoms with E-state index in [2.05, 4.69) is 41.6 Å². The first-order valence-electron chi connectivity index (χ1n) is 10.4. The van der Waals surface area contributed by atoms with Gasteiger partial charge in [0.2, 0.25) is 0 Å². The smallest absolute Gasteiger partial charge is 0.409 e. The van der Waals surface area contributed by atoms with Gasteiger partial charge >= 0.3 is 6.09 Å². The van der Waals surface area contributed by atoms with Gasteiger partial charge in [0.05, 0.1) is 23.3 Å². The summed E-state index contributed by atoms with van der Waals surface area (Å²) in [7, 11) is 2.25. The summed E-state index contributed by atoms with van der Waals surface area (Å²) in [6, 6.07) is 10.9. The van der Waals surface area contributed by atoms with Crippen molar-refractivity contribution in [2.75, 3.05) is 27.2 Å². The van der Waals surface area contributed by atoms with Crippen LogP contribution in [0.5, 0.6) is 0 Å². The molecule has 1 saturated heterocycles. The van der Waals surface area contributed by atoms with Gasteiger partial charge < -0.3 is 9.64 Å². The minimum absolute atomic E-state index is 0.162. The maximum Gasteiger partial charge on any atom is 0.409 e. The van der Waals surface area contributed by atoms with Crippen molar-refractivity contribution in [3.05, 3.63) is 35.9 Å². The number of amides is 1. The van der Waals surface area contributed by atoms with Gasteiger partial charge in [-0.3, -0.25) is 0 Å². The molecule has 1 amide bonds. The number of carbonyl (C=O) groups excluding carboxylic acids is 1. The van der Waals surface area contributed by atoms with Gasteiger partial charge in [-0.15, -0.1) is 0 Å². The number of rotatable bonds is 4. The molecule has 6 heteroatoms. The van der Waals surface area contributed by atoms with Gasteiger partial charge in [-0.2, -0.15) is 0 Å². The fourth-order valence-electron chi connectivity index (χ4n) is 5.34. The predicted octanol–water partition coefficient (Wildman–Crippen LogP) is 3.93. The summed E-state index contributed by atoms with van der Waals surface area (Å²) in [5, 5.41) is 0.162. The van der Waals surface area contributed by atoms with Crippen LogP contribution in [0.3, 0.4) is 0 Å². The summed E-state index contributed by atoms with van der Waals surface area (Å²) >= 11 is 0. The van der Waals surface area contributed by atoms with Crippen LogP contribution in [0.4, 0.5) is 4.79 Å². The van der Waals surface area contributed by atoms with E-state index in [1.54, 1.807) is 11.9 Å². The molecule has 2 saturated carbocycles. The Labute approximate surface area is 171 Å². The first-order valence-corrected chi connectivity index (χ1v) is 11.6. The molecule has 1 aromatic rings. The third-order valence-corrected chi connectivity index (χ3v) is 9.14. The lowest BCUT2D eigenvalue weighted by Crippen LogP contribution is -2.64. The Morgan fingerprint density at radius 2 is 1.79 bits per heavy atom. The van der Waals surface area contributed by atoms with E-state index in [0.717, 1.165) is 25.9 Å². The van der Waals surface area contributed by atoms with Crippen LogP contribution in [-0.2, 0) is 15.7 Å². The van der Waals surface area contributed by atoms with Crippen LogP contribution in [0.25, 0.3) is 0 Å². The number of benzene rings is 1. The Kier molecular flexibility index (Phi) is 5.29. The van der Waals surface area contributed by atoms with E-state index in [-0.39, 0.29) is 16.9 Å². The molecule has 1 spiro atoms. The molecular formula is C22H32N2O3S. The largest absolute Gasteiger partial charge is 0.453 e. The molecule has 3 aliphatic rings. The van der Waals surface area contributed by atoms with Crippen molar-refractivity contribution in [2.24, 2.45) is 5.41 Å². The minimum Gasteiger partial charge on any atom is -0.453 e. The summed E-state index contributed by atoms with van der Waals surface area (Å²) in [5.74, 6) is 0.688. The summed E-state index contributed by atoms with van der Waals surface area (Å²) in [6.45, 7) is 4.00. The first kappa shape index (κ1) is 19.9. The number of methoxy groups -OCH3 is 1. The van der Waals surface area contributed by atoms with Crippen molar-refractivity contribution in [1.82, 2.24) is 9.21 Å². The fourth-order valence-corrected chi connectivity index (χ4v) is 7.57. The fraction of sp³-hybridized carbons (Fsp3) is 0.682. The zero-order valence-electron chi connectivity index (χ0n) is 17.2. The lowest BCUT2D eigenvalue weighted by Gasteiger charge is -2.56. The Balaban J connectivity index is 1.25. The molecule has 154 valence electrons. The van der Waals surface area contributed by atoms with Crippen molar-refractivity contribution in [2.45, 2.75) is 62.2 Å². The second-order valence-corrected chi connectivity index (χ2v) is 11.1. The maximum absolute atomic E-state index is 13.0. The summed E-state index contributed by atoms with van der Waals surface area (Å²) in [6.07, 6.45) is 6.23. The Hall–Kier alpha value is -1.40. The topological polar surface area (TPSA) is 49.9 Å². The van der Waals surface area contributed by atoms with Gasteiger partial charge in [0.25, 0.3) is 0 Å². The molecule has 4 rings (SSSR count). The van der Waals surface area contributed by atoms with Crippen LogP contribution in [0, 0.1) is 5.41 Å². The highest BCUT2D eigenvalue weighted by Gasteiger charge is 2.53. The lowest BCUT2D eigenvalue weighted by atomic mass is 9.66. The van der Waals surface area contributed by atoms with Crippen molar-refractivity contribution >= 4 is 17.1 Å². The molecular weight excluding hydrogens is 372 g/mol. The monoisotopic (exact) mass is 404 g/mol. The van der Waals surface area contributed by atoms with E-state index in [4.69, 9.17) is 4.74 Å². The Morgan fingerprint density at radius 1 is 1.18 bits per heavy atom. The van der Waals surface area contributed by atoms with E-state index in [1.165, 1.54) is 38.4 Å². The number of hydrogen-bond acceptors (Lipinski definition) is 3. The molecule has 0 radical (unpaired) electrons. The molecule has 2 aliphatic carbocycles. The van der Waals surface area contributed by atoms with Gasteiger partial charge in [0, 0.05) is 25.7 Å². The molecule has 1 aromatic carbocycles. The molecule has 1 aliphatic heterocycles. The average molecular weight is 405 g/mol. The molecule has 0 bridgehead atoms. The SMILES string of the molecule is COC(=O)N(C)C1(C)CC(S(=O)N2CC3(CCC(c4ccccc4)CC3)C2)C1. The zero-order valence-corrected chi connectivity index (χ0v) is 18.0. The summed E-state index contributed by atoms with van der Waals surface area (Å²) in [5.41, 5.74) is 1.63. The summed E-state index contributed by atoms with van der Waals surface area (Å²) < 4.78 is 20.0. The number of nitrogens with zero attached hydrogens (tertiary/aromatic N) is 2. The van der Waals surface area contributed by atoms with Gasteiger partial charge in [-0.1, -0.05) is 30.3 Å².